The minimum Gasteiger partial charge on any atom is -0.394 e. The van der Waals surface area contributed by atoms with Gasteiger partial charge in [-0.2, -0.15) is 0 Å². The highest BCUT2D eigenvalue weighted by Gasteiger charge is 2.30. The molecule has 2 N–H and O–H groups in total. The molecule has 1 aliphatic heterocycles. The van der Waals surface area contributed by atoms with Crippen LogP contribution in [0.4, 0.5) is 4.79 Å². The van der Waals surface area contributed by atoms with Gasteiger partial charge in [-0.05, 0) is 18.9 Å². The van der Waals surface area contributed by atoms with Crippen molar-refractivity contribution in [3.63, 3.8) is 0 Å². The summed E-state index contributed by atoms with van der Waals surface area (Å²) in [6, 6.07) is -0.346. The number of nitrogens with one attached hydrogen (secondary N) is 1. The number of rotatable bonds is 4. The molecule has 2 atom stereocenters. The number of aldehydes is 1. The Hall–Kier alpha value is -1.66. The van der Waals surface area contributed by atoms with E-state index in [0.29, 0.717) is 19.1 Å². The van der Waals surface area contributed by atoms with E-state index in [1.54, 1.807) is 0 Å². The number of amides is 2. The fraction of sp³-hybridized carbons (Fsp3) is 0.500. The highest BCUT2D eigenvalue weighted by Crippen LogP contribution is 2.22. The average Bonchev–Trinajstić information content (AvgIpc) is 2.90. The summed E-state index contributed by atoms with van der Waals surface area (Å²) in [6.45, 7) is 5.94. The Morgan fingerprint density at radius 2 is 2.22 bits per heavy atom. The highest BCUT2D eigenvalue weighted by molar-refractivity contribution is 5.76. The molecule has 1 aliphatic rings. The first-order valence-electron chi connectivity index (χ1n) is 5.61. The van der Waals surface area contributed by atoms with Gasteiger partial charge in [0.15, 0.2) is 0 Å². The van der Waals surface area contributed by atoms with E-state index >= 15 is 0 Å². The number of nitrogens with zero attached hydrogens (tertiary/aromatic N) is 1. The third kappa shape index (κ3) is 4.68. The summed E-state index contributed by atoms with van der Waals surface area (Å²) in [6.07, 6.45) is 3.87. The van der Waals surface area contributed by atoms with E-state index in [9.17, 15) is 9.59 Å². The standard InChI is InChI=1S/C10H16N2O4.C2H4/c1-11-10(15)12(5-2-6-13)9-4-3-8(7-14)16-9;1-2/h2,5-6,8-9,14H,3-4,7H2,1H3,(H,11,15);1-2H2/b5-2-;. The van der Waals surface area contributed by atoms with Crippen LogP contribution in [0, 0.1) is 0 Å². The van der Waals surface area contributed by atoms with Crippen molar-refractivity contribution in [3.05, 3.63) is 25.4 Å². The summed E-state index contributed by atoms with van der Waals surface area (Å²) in [5, 5.41) is 11.4. The van der Waals surface area contributed by atoms with E-state index < -0.39 is 6.23 Å². The smallest absolute Gasteiger partial charge is 0.323 e. The third-order valence-corrected chi connectivity index (χ3v) is 2.37. The molecule has 18 heavy (non-hydrogen) atoms. The molecule has 1 saturated heterocycles. The topological polar surface area (TPSA) is 78.9 Å². The number of carbonyl (C=O) groups is 2. The monoisotopic (exact) mass is 256 g/mol. The Bertz CT molecular complexity index is 294. The summed E-state index contributed by atoms with van der Waals surface area (Å²) in [5.41, 5.74) is 0. The van der Waals surface area contributed by atoms with Gasteiger partial charge >= 0.3 is 6.03 Å². The van der Waals surface area contributed by atoms with E-state index in [0.717, 1.165) is 0 Å². The molecule has 1 rings (SSSR count). The molecule has 6 nitrogen and oxygen atoms in total. The molecule has 2 amide bonds. The lowest BCUT2D eigenvalue weighted by molar-refractivity contribution is -0.104. The number of aliphatic hydroxyl groups excluding tert-OH is 1. The molecule has 0 radical (unpaired) electrons. The molecule has 1 heterocycles. The van der Waals surface area contributed by atoms with Crippen LogP contribution in [0.15, 0.2) is 25.4 Å². The Kier molecular flexibility index (Phi) is 8.51. The quantitative estimate of drug-likeness (QED) is 0.439. The van der Waals surface area contributed by atoms with Crippen molar-refractivity contribution < 1.29 is 19.4 Å². The number of hydrogen-bond donors (Lipinski definition) is 2. The molecular formula is C12H20N2O4. The molecule has 0 aromatic carbocycles. The van der Waals surface area contributed by atoms with E-state index in [1.807, 2.05) is 0 Å². The second-order valence-electron chi connectivity index (χ2n) is 3.41. The van der Waals surface area contributed by atoms with Gasteiger partial charge in [0.1, 0.15) is 12.5 Å². The maximum atomic E-state index is 11.5. The first-order valence-corrected chi connectivity index (χ1v) is 5.61. The predicted molar refractivity (Wildman–Crippen MR) is 67.7 cm³/mol. The molecule has 2 unspecified atom stereocenters. The van der Waals surface area contributed by atoms with Crippen LogP contribution >= 0.6 is 0 Å². The lowest BCUT2D eigenvalue weighted by Gasteiger charge is -2.24. The normalized spacial score (nSPS) is 22.1. The van der Waals surface area contributed by atoms with Gasteiger partial charge in [0.25, 0.3) is 0 Å². The Balaban J connectivity index is 0.00000137. The Morgan fingerprint density at radius 1 is 1.56 bits per heavy atom. The summed E-state index contributed by atoms with van der Waals surface area (Å²) in [4.78, 5) is 23.0. The molecule has 0 aromatic rings. The average molecular weight is 256 g/mol. The summed E-state index contributed by atoms with van der Waals surface area (Å²) in [7, 11) is 1.50. The second-order valence-corrected chi connectivity index (χ2v) is 3.41. The highest BCUT2D eigenvalue weighted by atomic mass is 16.5. The lowest BCUT2D eigenvalue weighted by atomic mass is 10.2. The van der Waals surface area contributed by atoms with E-state index in [2.05, 4.69) is 18.5 Å². The van der Waals surface area contributed by atoms with Crippen LogP contribution < -0.4 is 5.32 Å². The van der Waals surface area contributed by atoms with Crippen LogP contribution in [0.2, 0.25) is 0 Å². The molecule has 1 fully saturated rings. The first-order chi connectivity index (χ1) is 8.72. The van der Waals surface area contributed by atoms with Crippen molar-refractivity contribution in [2.24, 2.45) is 0 Å². The largest absolute Gasteiger partial charge is 0.394 e. The number of allylic oxidation sites excluding steroid dienone is 1. The van der Waals surface area contributed by atoms with Crippen LogP contribution in [0.1, 0.15) is 12.8 Å². The zero-order valence-corrected chi connectivity index (χ0v) is 10.5. The zero-order chi connectivity index (χ0) is 14.0. The first kappa shape index (κ1) is 16.3. The van der Waals surface area contributed by atoms with Crippen LogP contribution in [0.5, 0.6) is 0 Å². The Morgan fingerprint density at radius 3 is 2.67 bits per heavy atom. The van der Waals surface area contributed by atoms with Crippen molar-refractivity contribution in [2.75, 3.05) is 13.7 Å². The maximum Gasteiger partial charge on any atom is 0.323 e. The molecular weight excluding hydrogens is 236 g/mol. The molecule has 102 valence electrons. The van der Waals surface area contributed by atoms with Crippen molar-refractivity contribution in [1.29, 1.82) is 0 Å². The minimum atomic E-state index is -0.423. The van der Waals surface area contributed by atoms with E-state index in [1.165, 1.54) is 24.2 Å². The van der Waals surface area contributed by atoms with Gasteiger partial charge in [0.05, 0.1) is 12.7 Å². The van der Waals surface area contributed by atoms with Gasteiger partial charge in [0.2, 0.25) is 0 Å². The third-order valence-electron chi connectivity index (χ3n) is 2.37. The van der Waals surface area contributed by atoms with Gasteiger partial charge < -0.3 is 15.2 Å². The van der Waals surface area contributed by atoms with Crippen LogP contribution in [-0.4, -0.2) is 48.3 Å². The molecule has 0 bridgehead atoms. The molecule has 0 spiro atoms. The van der Waals surface area contributed by atoms with Gasteiger partial charge in [-0.25, -0.2) is 4.79 Å². The van der Waals surface area contributed by atoms with Crippen molar-refractivity contribution in [1.82, 2.24) is 10.2 Å². The fourth-order valence-electron chi connectivity index (χ4n) is 1.58. The second kappa shape index (κ2) is 9.38. The summed E-state index contributed by atoms with van der Waals surface area (Å²) < 4.78 is 5.44. The van der Waals surface area contributed by atoms with E-state index in [4.69, 9.17) is 9.84 Å². The van der Waals surface area contributed by atoms with Crippen LogP contribution in [-0.2, 0) is 9.53 Å². The zero-order valence-electron chi connectivity index (χ0n) is 10.5. The van der Waals surface area contributed by atoms with Gasteiger partial charge in [0, 0.05) is 13.2 Å². The summed E-state index contributed by atoms with van der Waals surface area (Å²) in [5.74, 6) is 0. The van der Waals surface area contributed by atoms with Crippen molar-refractivity contribution in [2.45, 2.75) is 25.2 Å². The van der Waals surface area contributed by atoms with Gasteiger partial charge in [-0.1, -0.05) is 0 Å². The number of aliphatic hydroxyl groups is 1. The number of ether oxygens (including phenoxy) is 1. The van der Waals surface area contributed by atoms with Crippen LogP contribution in [0.3, 0.4) is 0 Å². The maximum absolute atomic E-state index is 11.5. The fourth-order valence-corrected chi connectivity index (χ4v) is 1.58. The number of hydrogen-bond acceptors (Lipinski definition) is 4. The minimum absolute atomic E-state index is 0.0600. The Labute approximate surface area is 107 Å². The summed E-state index contributed by atoms with van der Waals surface area (Å²) >= 11 is 0. The molecule has 0 aliphatic carbocycles. The predicted octanol–water partition coefficient (Wildman–Crippen LogP) is 0.640. The van der Waals surface area contributed by atoms with Crippen molar-refractivity contribution in [3.8, 4) is 0 Å². The molecule has 0 aromatic heterocycles. The molecule has 6 heteroatoms. The van der Waals surface area contributed by atoms with Gasteiger partial charge in [-0.3, -0.25) is 9.69 Å². The SMILES string of the molecule is C=C.CNC(=O)N(/C=C\C=O)C1CCC(CO)O1. The van der Waals surface area contributed by atoms with Gasteiger partial charge in [-0.15, -0.1) is 13.2 Å². The lowest BCUT2D eigenvalue weighted by Crippen LogP contribution is -2.41. The van der Waals surface area contributed by atoms with Crippen LogP contribution in [0.25, 0.3) is 0 Å². The van der Waals surface area contributed by atoms with E-state index in [-0.39, 0.29) is 18.7 Å². The van der Waals surface area contributed by atoms with Crippen molar-refractivity contribution >= 4 is 12.3 Å². The number of urea groups is 1. The molecule has 0 saturated carbocycles. The number of carbonyl (C=O) groups excluding carboxylic acids is 2.